The third kappa shape index (κ3) is 2.85. The van der Waals surface area contributed by atoms with Gasteiger partial charge in [0.25, 0.3) is 5.69 Å². The molecule has 2 heterocycles. The minimum atomic E-state index is -0.633. The van der Waals surface area contributed by atoms with Crippen LogP contribution >= 0.6 is 0 Å². The molecule has 0 saturated carbocycles. The molecule has 0 bridgehead atoms. The number of hydrogen-bond acceptors (Lipinski definition) is 7. The van der Waals surface area contributed by atoms with E-state index in [2.05, 4.69) is 9.72 Å². The van der Waals surface area contributed by atoms with E-state index < -0.39 is 10.9 Å². The molecule has 0 radical (unpaired) electrons. The van der Waals surface area contributed by atoms with Crippen LogP contribution in [0, 0.1) is 10.1 Å². The fourth-order valence-electron chi connectivity index (χ4n) is 2.17. The van der Waals surface area contributed by atoms with Crippen LogP contribution < -0.4 is 10.6 Å². The Bertz CT molecular complexity index is 526. The van der Waals surface area contributed by atoms with Crippen LogP contribution in [0.25, 0.3) is 0 Å². The van der Waals surface area contributed by atoms with Crippen molar-refractivity contribution in [3.63, 3.8) is 0 Å². The minimum absolute atomic E-state index is 0.108. The van der Waals surface area contributed by atoms with Gasteiger partial charge in [-0.25, -0.2) is 9.78 Å². The maximum atomic E-state index is 11.8. The molecule has 2 rings (SSSR count). The van der Waals surface area contributed by atoms with Gasteiger partial charge in [-0.3, -0.25) is 10.1 Å². The van der Waals surface area contributed by atoms with E-state index in [1.54, 1.807) is 0 Å². The topological polar surface area (TPSA) is 112 Å². The van der Waals surface area contributed by atoms with Crippen molar-refractivity contribution in [2.45, 2.75) is 18.9 Å². The van der Waals surface area contributed by atoms with Gasteiger partial charge in [0.05, 0.1) is 12.0 Å². The number of rotatable bonds is 3. The molecule has 8 nitrogen and oxygen atoms in total. The van der Waals surface area contributed by atoms with E-state index in [0.29, 0.717) is 18.9 Å². The first kappa shape index (κ1) is 14.2. The molecule has 1 saturated heterocycles. The van der Waals surface area contributed by atoms with Crippen LogP contribution in [0.2, 0.25) is 0 Å². The number of methoxy groups -OCH3 is 1. The van der Waals surface area contributed by atoms with Crippen molar-refractivity contribution in [2.75, 3.05) is 25.1 Å². The van der Waals surface area contributed by atoms with Gasteiger partial charge in [-0.2, -0.15) is 0 Å². The Kier molecular flexibility index (Phi) is 4.14. The van der Waals surface area contributed by atoms with Crippen LogP contribution in [0.5, 0.6) is 0 Å². The molecule has 0 unspecified atom stereocenters. The van der Waals surface area contributed by atoms with E-state index in [9.17, 15) is 14.9 Å². The first-order chi connectivity index (χ1) is 9.52. The highest BCUT2D eigenvalue weighted by Crippen LogP contribution is 2.25. The number of aromatic nitrogens is 1. The van der Waals surface area contributed by atoms with E-state index in [4.69, 9.17) is 5.73 Å². The third-order valence-corrected chi connectivity index (χ3v) is 3.31. The standard InChI is InChI=1S/C12H16N4O4/c1-20-12(17)10-6-9(16(18)19)7-14-11(10)15-4-2-8(13)3-5-15/h6-8H,2-5,13H2,1H3. The summed E-state index contributed by atoms with van der Waals surface area (Å²) in [6, 6.07) is 1.34. The molecule has 0 aliphatic carbocycles. The first-order valence-corrected chi connectivity index (χ1v) is 6.26. The number of nitrogens with zero attached hydrogens (tertiary/aromatic N) is 3. The molecule has 108 valence electrons. The summed E-state index contributed by atoms with van der Waals surface area (Å²) in [5, 5.41) is 10.8. The van der Waals surface area contributed by atoms with E-state index in [1.165, 1.54) is 13.2 Å². The predicted octanol–water partition coefficient (Wildman–Crippen LogP) is 0.704. The molecule has 0 amide bonds. The number of pyridine rings is 1. The molecular formula is C12H16N4O4. The Morgan fingerprint density at radius 3 is 2.75 bits per heavy atom. The second kappa shape index (κ2) is 5.83. The number of hydrogen-bond donors (Lipinski definition) is 1. The Morgan fingerprint density at radius 2 is 2.20 bits per heavy atom. The maximum absolute atomic E-state index is 11.8. The van der Waals surface area contributed by atoms with Gasteiger partial charge < -0.3 is 15.4 Å². The van der Waals surface area contributed by atoms with E-state index >= 15 is 0 Å². The number of nitrogens with two attached hydrogens (primary N) is 1. The lowest BCUT2D eigenvalue weighted by atomic mass is 10.1. The Labute approximate surface area is 115 Å². The van der Waals surface area contributed by atoms with Crippen molar-refractivity contribution in [2.24, 2.45) is 5.73 Å². The number of esters is 1. The highest BCUT2D eigenvalue weighted by atomic mass is 16.6. The highest BCUT2D eigenvalue weighted by molar-refractivity contribution is 5.95. The second-order valence-corrected chi connectivity index (χ2v) is 4.64. The summed E-state index contributed by atoms with van der Waals surface area (Å²) in [6.07, 6.45) is 2.73. The number of nitro groups is 1. The van der Waals surface area contributed by atoms with Gasteiger partial charge in [0.2, 0.25) is 0 Å². The van der Waals surface area contributed by atoms with E-state index in [1.807, 2.05) is 4.90 Å². The Morgan fingerprint density at radius 1 is 1.55 bits per heavy atom. The normalized spacial score (nSPS) is 16.0. The third-order valence-electron chi connectivity index (χ3n) is 3.31. The first-order valence-electron chi connectivity index (χ1n) is 6.26. The summed E-state index contributed by atoms with van der Waals surface area (Å²) < 4.78 is 4.67. The maximum Gasteiger partial charge on any atom is 0.341 e. The van der Waals surface area contributed by atoms with Crippen LogP contribution in [0.4, 0.5) is 11.5 Å². The summed E-state index contributed by atoms with van der Waals surface area (Å²) in [5.41, 5.74) is 5.71. The van der Waals surface area contributed by atoms with Crippen LogP contribution in [0.15, 0.2) is 12.3 Å². The Balaban J connectivity index is 2.36. The van der Waals surface area contributed by atoms with Crippen molar-refractivity contribution in [3.8, 4) is 0 Å². The number of carbonyl (C=O) groups excluding carboxylic acids is 1. The zero-order valence-electron chi connectivity index (χ0n) is 11.1. The SMILES string of the molecule is COC(=O)c1cc([N+](=O)[O-])cnc1N1CCC(N)CC1. The van der Waals surface area contributed by atoms with Gasteiger partial charge in [0.1, 0.15) is 17.6 Å². The highest BCUT2D eigenvalue weighted by Gasteiger charge is 2.25. The summed E-state index contributed by atoms with van der Waals surface area (Å²) in [5.74, 6) is -0.222. The predicted molar refractivity (Wildman–Crippen MR) is 71.7 cm³/mol. The van der Waals surface area contributed by atoms with Crippen LogP contribution in [0.3, 0.4) is 0 Å². The lowest BCUT2D eigenvalue weighted by molar-refractivity contribution is -0.385. The second-order valence-electron chi connectivity index (χ2n) is 4.64. The smallest absolute Gasteiger partial charge is 0.341 e. The van der Waals surface area contributed by atoms with E-state index in [-0.39, 0.29) is 17.3 Å². The largest absolute Gasteiger partial charge is 0.465 e. The Hall–Kier alpha value is -2.22. The molecule has 0 aromatic carbocycles. The van der Waals surface area contributed by atoms with E-state index in [0.717, 1.165) is 19.0 Å². The molecule has 0 atom stereocenters. The lowest BCUT2D eigenvalue weighted by Crippen LogP contribution is -2.40. The number of carbonyl (C=O) groups is 1. The van der Waals surface area contributed by atoms with Gasteiger partial charge in [0.15, 0.2) is 0 Å². The van der Waals surface area contributed by atoms with Gasteiger partial charge >= 0.3 is 5.97 Å². The molecule has 1 aliphatic heterocycles. The summed E-state index contributed by atoms with van der Waals surface area (Å²) in [4.78, 5) is 27.9. The van der Waals surface area contributed by atoms with Crippen molar-refractivity contribution in [3.05, 3.63) is 27.9 Å². The number of piperidine rings is 1. The van der Waals surface area contributed by atoms with Crippen LogP contribution in [-0.4, -0.2) is 42.1 Å². The molecule has 20 heavy (non-hydrogen) atoms. The monoisotopic (exact) mass is 280 g/mol. The number of ether oxygens (including phenoxy) is 1. The van der Waals surface area contributed by atoms with Crippen molar-refractivity contribution < 1.29 is 14.5 Å². The minimum Gasteiger partial charge on any atom is -0.465 e. The summed E-state index contributed by atoms with van der Waals surface area (Å²) in [7, 11) is 1.23. The molecule has 1 aromatic rings. The van der Waals surface area contributed by atoms with Gasteiger partial charge in [-0.05, 0) is 12.8 Å². The molecule has 0 spiro atoms. The van der Waals surface area contributed by atoms with Gasteiger partial charge in [0, 0.05) is 25.2 Å². The molecule has 1 aromatic heterocycles. The van der Waals surface area contributed by atoms with Crippen molar-refractivity contribution >= 4 is 17.5 Å². The fourth-order valence-corrected chi connectivity index (χ4v) is 2.17. The molecule has 1 aliphatic rings. The van der Waals surface area contributed by atoms with Crippen LogP contribution in [-0.2, 0) is 4.74 Å². The van der Waals surface area contributed by atoms with Crippen LogP contribution in [0.1, 0.15) is 23.2 Å². The molecule has 2 N–H and O–H groups in total. The molecule has 1 fully saturated rings. The zero-order valence-corrected chi connectivity index (χ0v) is 11.1. The average Bonchev–Trinajstić information content (AvgIpc) is 2.46. The summed E-state index contributed by atoms with van der Waals surface area (Å²) in [6.45, 7) is 1.33. The van der Waals surface area contributed by atoms with Gasteiger partial charge in [-0.15, -0.1) is 0 Å². The van der Waals surface area contributed by atoms with Crippen molar-refractivity contribution in [1.29, 1.82) is 0 Å². The van der Waals surface area contributed by atoms with Gasteiger partial charge in [-0.1, -0.05) is 0 Å². The fraction of sp³-hybridized carbons (Fsp3) is 0.500. The van der Waals surface area contributed by atoms with Crippen molar-refractivity contribution in [1.82, 2.24) is 4.98 Å². The zero-order chi connectivity index (χ0) is 14.7. The molecule has 8 heteroatoms. The molecular weight excluding hydrogens is 264 g/mol. The summed E-state index contributed by atoms with van der Waals surface area (Å²) >= 11 is 0. The lowest BCUT2D eigenvalue weighted by Gasteiger charge is -2.31. The quantitative estimate of drug-likeness (QED) is 0.492. The number of anilines is 1. The average molecular weight is 280 g/mol.